The van der Waals surface area contributed by atoms with Gasteiger partial charge < -0.3 is 5.73 Å². The molecule has 0 saturated heterocycles. The molecule has 0 radical (unpaired) electrons. The summed E-state index contributed by atoms with van der Waals surface area (Å²) in [7, 11) is 0. The van der Waals surface area contributed by atoms with E-state index >= 15 is 0 Å². The van der Waals surface area contributed by atoms with Crippen molar-refractivity contribution >= 4 is 0 Å². The number of hydrogen-bond acceptors (Lipinski definition) is 1. The quantitative estimate of drug-likeness (QED) is 0.708. The molecule has 70 valence electrons. The zero-order valence-corrected chi connectivity index (χ0v) is 7.76. The van der Waals surface area contributed by atoms with Crippen LogP contribution in [0.3, 0.4) is 0 Å². The lowest BCUT2D eigenvalue weighted by atomic mass is 10.0. The van der Waals surface area contributed by atoms with Gasteiger partial charge in [-0.1, -0.05) is 24.3 Å². The third-order valence-corrected chi connectivity index (χ3v) is 1.98. The molecule has 13 heavy (non-hydrogen) atoms. The van der Waals surface area contributed by atoms with Gasteiger partial charge >= 0.3 is 0 Å². The summed E-state index contributed by atoms with van der Waals surface area (Å²) >= 11 is 0. The summed E-state index contributed by atoms with van der Waals surface area (Å²) in [5.74, 6) is -0.216. The Morgan fingerprint density at radius 3 is 2.85 bits per heavy atom. The summed E-state index contributed by atoms with van der Waals surface area (Å²) in [6.07, 6.45) is 0.646. The number of hydrogen-bond donors (Lipinski definition) is 1. The number of nitrogens with two attached hydrogens (primary N) is 1. The van der Waals surface area contributed by atoms with Crippen LogP contribution in [0.4, 0.5) is 4.39 Å². The van der Waals surface area contributed by atoms with Gasteiger partial charge in [-0.3, -0.25) is 0 Å². The van der Waals surface area contributed by atoms with Crippen molar-refractivity contribution in [3.8, 4) is 0 Å². The van der Waals surface area contributed by atoms with E-state index in [0.717, 1.165) is 11.1 Å². The summed E-state index contributed by atoms with van der Waals surface area (Å²) in [5, 5.41) is 0. The van der Waals surface area contributed by atoms with E-state index < -0.39 is 0 Å². The van der Waals surface area contributed by atoms with Crippen LogP contribution in [0.5, 0.6) is 0 Å². The molecule has 1 unspecified atom stereocenters. The van der Waals surface area contributed by atoms with E-state index in [-0.39, 0.29) is 11.9 Å². The smallest absolute Gasteiger partial charge is 0.123 e. The predicted molar refractivity (Wildman–Crippen MR) is 52.9 cm³/mol. The van der Waals surface area contributed by atoms with Crippen molar-refractivity contribution < 1.29 is 4.39 Å². The average Bonchev–Trinajstić information content (AvgIpc) is 2.04. The monoisotopic (exact) mass is 179 g/mol. The topological polar surface area (TPSA) is 26.0 Å². The minimum Gasteiger partial charge on any atom is -0.324 e. The third-order valence-electron chi connectivity index (χ3n) is 1.98. The molecule has 0 aliphatic heterocycles. The van der Waals surface area contributed by atoms with Crippen LogP contribution in [0.2, 0.25) is 0 Å². The maximum absolute atomic E-state index is 12.8. The maximum atomic E-state index is 12.8. The van der Waals surface area contributed by atoms with Crippen LogP contribution in [-0.4, -0.2) is 6.04 Å². The van der Waals surface area contributed by atoms with Crippen LogP contribution in [0.15, 0.2) is 36.4 Å². The van der Waals surface area contributed by atoms with Gasteiger partial charge in [0, 0.05) is 6.04 Å². The van der Waals surface area contributed by atoms with Gasteiger partial charge in [-0.2, -0.15) is 0 Å². The van der Waals surface area contributed by atoms with Crippen molar-refractivity contribution in [1.82, 2.24) is 0 Å². The zero-order valence-electron chi connectivity index (χ0n) is 7.76. The molecule has 1 atom stereocenters. The minimum absolute atomic E-state index is 0.0817. The summed E-state index contributed by atoms with van der Waals surface area (Å²) in [4.78, 5) is 0. The summed E-state index contributed by atoms with van der Waals surface area (Å²) in [6.45, 7) is 5.63. The Labute approximate surface area is 78.1 Å². The maximum Gasteiger partial charge on any atom is 0.123 e. The molecular formula is C11H14FN. The molecule has 0 amide bonds. The SMILES string of the molecule is C=C(C)C(N)Cc1cccc(F)c1. The van der Waals surface area contributed by atoms with Crippen LogP contribution in [0.25, 0.3) is 0 Å². The minimum atomic E-state index is -0.216. The summed E-state index contributed by atoms with van der Waals surface area (Å²) in [6, 6.07) is 6.40. The lowest BCUT2D eigenvalue weighted by molar-refractivity contribution is 0.623. The molecule has 0 spiro atoms. The fourth-order valence-corrected chi connectivity index (χ4v) is 1.09. The van der Waals surface area contributed by atoms with Crippen LogP contribution in [0, 0.1) is 5.82 Å². The predicted octanol–water partition coefficient (Wildman–Crippen LogP) is 2.27. The number of rotatable bonds is 3. The van der Waals surface area contributed by atoms with Crippen molar-refractivity contribution in [2.45, 2.75) is 19.4 Å². The normalized spacial score (nSPS) is 12.5. The molecule has 0 aliphatic rings. The van der Waals surface area contributed by atoms with E-state index in [1.54, 1.807) is 6.07 Å². The van der Waals surface area contributed by atoms with Crippen LogP contribution in [0.1, 0.15) is 12.5 Å². The molecule has 0 heterocycles. The van der Waals surface area contributed by atoms with Gasteiger partial charge in [0.1, 0.15) is 5.82 Å². The number of benzene rings is 1. The molecule has 2 heteroatoms. The van der Waals surface area contributed by atoms with Crippen molar-refractivity contribution in [2.75, 3.05) is 0 Å². The van der Waals surface area contributed by atoms with Gasteiger partial charge in [-0.15, -0.1) is 0 Å². The molecule has 0 aromatic heterocycles. The average molecular weight is 179 g/mol. The molecule has 0 saturated carbocycles. The Bertz CT molecular complexity index is 307. The Hall–Kier alpha value is -1.15. The number of halogens is 1. The van der Waals surface area contributed by atoms with Gasteiger partial charge in [-0.25, -0.2) is 4.39 Å². The van der Waals surface area contributed by atoms with Crippen LogP contribution in [-0.2, 0) is 6.42 Å². The van der Waals surface area contributed by atoms with E-state index in [4.69, 9.17) is 5.73 Å². The van der Waals surface area contributed by atoms with E-state index in [1.807, 2.05) is 13.0 Å². The molecule has 0 fully saturated rings. The Morgan fingerprint density at radius 2 is 2.31 bits per heavy atom. The van der Waals surface area contributed by atoms with E-state index in [0.29, 0.717) is 6.42 Å². The molecule has 1 aromatic rings. The van der Waals surface area contributed by atoms with Crippen molar-refractivity contribution in [3.63, 3.8) is 0 Å². The Morgan fingerprint density at radius 1 is 1.62 bits per heavy atom. The van der Waals surface area contributed by atoms with E-state index in [9.17, 15) is 4.39 Å². The first-order chi connectivity index (χ1) is 6.09. The molecule has 2 N–H and O–H groups in total. The highest BCUT2D eigenvalue weighted by Gasteiger charge is 2.04. The molecular weight excluding hydrogens is 165 g/mol. The second-order valence-electron chi connectivity index (χ2n) is 3.29. The van der Waals surface area contributed by atoms with Gasteiger partial charge in [0.2, 0.25) is 0 Å². The van der Waals surface area contributed by atoms with Gasteiger partial charge in [0.25, 0.3) is 0 Å². The van der Waals surface area contributed by atoms with Gasteiger partial charge in [0.05, 0.1) is 0 Å². The molecule has 1 rings (SSSR count). The fourth-order valence-electron chi connectivity index (χ4n) is 1.09. The second-order valence-corrected chi connectivity index (χ2v) is 3.29. The lowest BCUT2D eigenvalue weighted by Crippen LogP contribution is -2.23. The van der Waals surface area contributed by atoms with E-state index in [2.05, 4.69) is 6.58 Å². The highest BCUT2D eigenvalue weighted by atomic mass is 19.1. The highest BCUT2D eigenvalue weighted by Crippen LogP contribution is 2.08. The van der Waals surface area contributed by atoms with Crippen molar-refractivity contribution in [3.05, 3.63) is 47.8 Å². The van der Waals surface area contributed by atoms with Gasteiger partial charge in [-0.05, 0) is 31.0 Å². The van der Waals surface area contributed by atoms with Gasteiger partial charge in [0.15, 0.2) is 0 Å². The lowest BCUT2D eigenvalue weighted by Gasteiger charge is -2.10. The standard InChI is InChI=1S/C11H14FN/c1-8(2)11(13)7-9-4-3-5-10(12)6-9/h3-6,11H,1,7,13H2,2H3. The first kappa shape index (κ1) is 9.93. The van der Waals surface area contributed by atoms with E-state index in [1.165, 1.54) is 12.1 Å². The summed E-state index contributed by atoms with van der Waals surface area (Å²) in [5.41, 5.74) is 7.61. The molecule has 0 aliphatic carbocycles. The largest absolute Gasteiger partial charge is 0.324 e. The van der Waals surface area contributed by atoms with Crippen LogP contribution >= 0.6 is 0 Å². The van der Waals surface area contributed by atoms with Crippen molar-refractivity contribution in [1.29, 1.82) is 0 Å². The zero-order chi connectivity index (χ0) is 9.84. The fraction of sp³-hybridized carbons (Fsp3) is 0.273. The first-order valence-corrected chi connectivity index (χ1v) is 4.25. The third kappa shape index (κ3) is 2.99. The summed E-state index contributed by atoms with van der Waals surface area (Å²) < 4.78 is 12.8. The second kappa shape index (κ2) is 4.19. The first-order valence-electron chi connectivity index (χ1n) is 4.25. The molecule has 1 aromatic carbocycles. The highest BCUT2D eigenvalue weighted by molar-refractivity contribution is 5.19. The molecule has 0 bridgehead atoms. The Balaban J connectivity index is 2.69. The Kier molecular flexibility index (Phi) is 3.20. The van der Waals surface area contributed by atoms with Crippen molar-refractivity contribution in [2.24, 2.45) is 5.73 Å². The molecule has 1 nitrogen and oxygen atoms in total. The van der Waals surface area contributed by atoms with Crippen LogP contribution < -0.4 is 5.73 Å².